The van der Waals surface area contributed by atoms with Gasteiger partial charge in [-0.3, -0.25) is 0 Å². The summed E-state index contributed by atoms with van der Waals surface area (Å²) in [4.78, 5) is 18.3. The maximum absolute atomic E-state index is 11.6. The maximum Gasteiger partial charge on any atom is 0.101 e. The molecular formula is C39H50N4O. The molecule has 1 atom stereocenters. The molecule has 1 unspecified atom stereocenters. The largest absolute Gasteiger partial charge is 0.384 e. The molecule has 44 heavy (non-hydrogen) atoms. The smallest absolute Gasteiger partial charge is 0.101 e. The zero-order valence-corrected chi connectivity index (χ0v) is 28.1. The predicted octanol–water partition coefficient (Wildman–Crippen LogP) is 10.2. The van der Waals surface area contributed by atoms with Gasteiger partial charge >= 0.3 is 0 Å². The molecule has 0 spiro atoms. The molecule has 5 heterocycles. The van der Waals surface area contributed by atoms with E-state index >= 15 is 0 Å². The molecular weight excluding hydrogens is 540 g/mol. The van der Waals surface area contributed by atoms with Crippen LogP contribution in [0.1, 0.15) is 138 Å². The van der Waals surface area contributed by atoms with Gasteiger partial charge in [0.05, 0.1) is 28.3 Å². The topological polar surface area (TPSA) is 77.6 Å². The van der Waals surface area contributed by atoms with Crippen LogP contribution in [0.25, 0.3) is 44.4 Å². The van der Waals surface area contributed by atoms with Crippen molar-refractivity contribution < 1.29 is 5.11 Å². The normalized spacial score (nSPS) is 14.1. The molecule has 8 bridgehead atoms. The van der Waals surface area contributed by atoms with Gasteiger partial charge in [0.1, 0.15) is 6.10 Å². The zero-order valence-electron chi connectivity index (χ0n) is 28.1. The van der Waals surface area contributed by atoms with E-state index in [0.717, 1.165) is 102 Å². The van der Waals surface area contributed by atoms with E-state index in [0.29, 0.717) is 0 Å². The van der Waals surface area contributed by atoms with E-state index in [9.17, 15) is 5.11 Å². The Morgan fingerprint density at radius 3 is 1.57 bits per heavy atom. The Bertz CT molecular complexity index is 1830. The Morgan fingerprint density at radius 2 is 1.05 bits per heavy atom. The van der Waals surface area contributed by atoms with E-state index in [2.05, 4.69) is 90.1 Å². The summed E-state index contributed by atoms with van der Waals surface area (Å²) in [5.74, 6) is 0. The highest BCUT2D eigenvalue weighted by molar-refractivity contribution is 5.97. The summed E-state index contributed by atoms with van der Waals surface area (Å²) >= 11 is 0. The highest BCUT2D eigenvalue weighted by atomic mass is 16.3. The lowest BCUT2D eigenvalue weighted by molar-refractivity contribution is 0.229. The molecule has 0 radical (unpaired) electrons. The van der Waals surface area contributed by atoms with Crippen LogP contribution in [0.15, 0.2) is 30.9 Å². The molecule has 2 aliphatic heterocycles. The number of nitrogens with zero attached hydrogens (tertiary/aromatic N) is 2. The van der Waals surface area contributed by atoms with Crippen molar-refractivity contribution in [2.75, 3.05) is 0 Å². The number of nitrogens with one attached hydrogen (secondary N) is 2. The summed E-state index contributed by atoms with van der Waals surface area (Å²) in [7, 11) is 0. The molecule has 0 fully saturated rings. The van der Waals surface area contributed by atoms with Crippen LogP contribution in [0, 0.1) is 0 Å². The van der Waals surface area contributed by atoms with E-state index in [4.69, 9.17) is 9.97 Å². The molecule has 5 rings (SSSR count). The van der Waals surface area contributed by atoms with Crippen LogP contribution < -0.4 is 0 Å². The molecule has 3 aromatic heterocycles. The lowest BCUT2D eigenvalue weighted by Crippen LogP contribution is -2.01. The van der Waals surface area contributed by atoms with Crippen LogP contribution in [0.4, 0.5) is 0 Å². The van der Waals surface area contributed by atoms with Gasteiger partial charge in [0, 0.05) is 22.1 Å². The molecule has 0 saturated carbocycles. The molecule has 5 nitrogen and oxygen atoms in total. The van der Waals surface area contributed by atoms with Gasteiger partial charge in [-0.1, -0.05) is 61.5 Å². The van der Waals surface area contributed by atoms with Crippen molar-refractivity contribution in [3.05, 3.63) is 81.4 Å². The van der Waals surface area contributed by atoms with Crippen molar-refractivity contribution in [2.24, 2.45) is 0 Å². The molecule has 0 aliphatic carbocycles. The summed E-state index contributed by atoms with van der Waals surface area (Å²) in [5, 5.41) is 11.6. The molecule has 232 valence electrons. The Morgan fingerprint density at radius 1 is 0.591 bits per heavy atom. The number of hydrogen-bond donors (Lipinski definition) is 3. The third-order valence-corrected chi connectivity index (χ3v) is 9.66. The van der Waals surface area contributed by atoms with Crippen LogP contribution in [0.2, 0.25) is 0 Å². The zero-order chi connectivity index (χ0) is 31.7. The number of aromatic nitrogens is 4. The third-order valence-electron chi connectivity index (χ3n) is 9.66. The lowest BCUT2D eigenvalue weighted by atomic mass is 9.94. The van der Waals surface area contributed by atoms with Crippen LogP contribution in [-0.4, -0.2) is 25.0 Å². The Hall–Kier alpha value is -3.70. The first-order chi connectivity index (χ1) is 21.3. The van der Waals surface area contributed by atoms with Crippen molar-refractivity contribution in [3.8, 4) is 0 Å². The Balaban J connectivity index is 2.13. The predicted molar refractivity (Wildman–Crippen MR) is 188 cm³/mol. The second-order valence-corrected chi connectivity index (χ2v) is 11.8. The average molecular weight is 591 g/mol. The SMILES string of the molecule is C=CC(O)c1c2nc(cc3nc(cc4[nH]c(cc5[nH]c1c(CC)c5CC)c(CC)c4CC)C(CC)=C3CC)C(CC)=C2CC. The van der Waals surface area contributed by atoms with E-state index in [1.165, 1.54) is 44.5 Å². The van der Waals surface area contributed by atoms with Crippen molar-refractivity contribution in [1.29, 1.82) is 0 Å². The monoisotopic (exact) mass is 590 g/mol. The minimum atomic E-state index is -0.862. The van der Waals surface area contributed by atoms with Crippen molar-refractivity contribution in [2.45, 2.75) is 113 Å². The van der Waals surface area contributed by atoms with E-state index < -0.39 is 6.10 Å². The molecule has 2 aliphatic rings. The first-order valence-corrected chi connectivity index (χ1v) is 16.9. The summed E-state index contributed by atoms with van der Waals surface area (Å²) < 4.78 is 0. The minimum absolute atomic E-state index is 0.816. The summed E-state index contributed by atoms with van der Waals surface area (Å²) in [6.07, 6.45) is 7.91. The number of aliphatic hydroxyl groups excluding tert-OH is 1. The van der Waals surface area contributed by atoms with E-state index in [-0.39, 0.29) is 0 Å². The van der Waals surface area contributed by atoms with E-state index in [1.54, 1.807) is 6.08 Å². The molecule has 0 amide bonds. The van der Waals surface area contributed by atoms with Gasteiger partial charge < -0.3 is 15.1 Å². The summed E-state index contributed by atoms with van der Waals surface area (Å²) in [6, 6.07) is 6.77. The molecule has 0 saturated heterocycles. The number of fused-ring (bicyclic) bond motifs is 8. The number of aromatic amines is 2. The first kappa shape index (κ1) is 31.7. The van der Waals surface area contributed by atoms with Gasteiger partial charge in [-0.2, -0.15) is 0 Å². The molecule has 3 aromatic rings. The minimum Gasteiger partial charge on any atom is -0.384 e. The van der Waals surface area contributed by atoms with Gasteiger partial charge in [-0.05, 0) is 114 Å². The molecule has 0 aromatic carbocycles. The quantitative estimate of drug-likeness (QED) is 0.206. The second kappa shape index (κ2) is 13.1. The van der Waals surface area contributed by atoms with Crippen LogP contribution in [0.3, 0.4) is 0 Å². The number of allylic oxidation sites excluding steroid dienone is 4. The first-order valence-electron chi connectivity index (χ1n) is 16.9. The fourth-order valence-corrected chi connectivity index (χ4v) is 7.63. The van der Waals surface area contributed by atoms with Crippen LogP contribution in [0.5, 0.6) is 0 Å². The molecule has 3 N–H and O–H groups in total. The van der Waals surface area contributed by atoms with Gasteiger partial charge in [0.25, 0.3) is 0 Å². The lowest BCUT2D eigenvalue weighted by Gasteiger charge is -2.13. The highest BCUT2D eigenvalue weighted by Crippen LogP contribution is 2.42. The number of H-pyrrole nitrogens is 2. The Labute approximate surface area is 263 Å². The number of aryl methyl sites for hydroxylation is 4. The van der Waals surface area contributed by atoms with Crippen LogP contribution >= 0.6 is 0 Å². The average Bonchev–Trinajstić information content (AvgIpc) is 3.76. The van der Waals surface area contributed by atoms with Gasteiger partial charge in [-0.25, -0.2) is 9.97 Å². The van der Waals surface area contributed by atoms with Gasteiger partial charge in [-0.15, -0.1) is 6.58 Å². The van der Waals surface area contributed by atoms with Crippen molar-refractivity contribution in [3.63, 3.8) is 0 Å². The maximum atomic E-state index is 11.6. The fourth-order valence-electron chi connectivity index (χ4n) is 7.63. The third kappa shape index (κ3) is 5.09. The van der Waals surface area contributed by atoms with Crippen LogP contribution in [-0.2, 0) is 25.7 Å². The Kier molecular flexibility index (Phi) is 9.45. The summed E-state index contributed by atoms with van der Waals surface area (Å²) in [5.41, 5.74) is 19.3. The fraction of sp³-hybridized carbons (Fsp3) is 0.436. The van der Waals surface area contributed by atoms with Crippen molar-refractivity contribution in [1.82, 2.24) is 19.9 Å². The second-order valence-electron chi connectivity index (χ2n) is 11.8. The number of aliphatic hydroxyl groups is 1. The standard InChI is InChI=1S/C39H50N4O/c1-10-22-24(12-3)32-20-34-26(14-5)28(16-7)38(42-34)37(36(44)18-9)39-29(17-8)27(15-6)35(43-39)21-33-25(13-4)23(11-2)31(41-33)19-30(22)40-32/h18-21,36,40,42,44H,9-17H2,1-8H3. The van der Waals surface area contributed by atoms with Gasteiger partial charge in [0.2, 0.25) is 0 Å². The number of rotatable bonds is 10. The number of hydrogen-bond acceptors (Lipinski definition) is 3. The highest BCUT2D eigenvalue weighted by Gasteiger charge is 2.27. The van der Waals surface area contributed by atoms with Crippen molar-refractivity contribution >= 4 is 44.4 Å². The van der Waals surface area contributed by atoms with Gasteiger partial charge in [0.15, 0.2) is 0 Å². The molecule has 5 heteroatoms. The van der Waals surface area contributed by atoms with E-state index in [1.807, 2.05) is 0 Å². The summed E-state index contributed by atoms with van der Waals surface area (Å²) in [6.45, 7) is 21.8.